The van der Waals surface area contributed by atoms with Crippen molar-refractivity contribution in [1.29, 1.82) is 5.26 Å². The van der Waals surface area contributed by atoms with Gasteiger partial charge in [-0.25, -0.2) is 4.98 Å². The molecule has 8 heteroatoms. The lowest BCUT2D eigenvalue weighted by molar-refractivity contribution is -0.117. The number of hydrogen-bond donors (Lipinski definition) is 3. The standard InChI is InChI=1S/C27H27N5O3/c1-17-13-24(31-26-10-3-19(15-28)16-30-26)23-14-22(8-9-25(23)32(17)18(2)34)20-4-6-21(7-5-20)27(35)29-11-12-33/h3-10,14,16-17,24,33H,11-13H2,1-2H3,(H,29,35)(H,30,31)/t17-,24+/m0/s1. The molecule has 178 valence electrons. The average molecular weight is 470 g/mol. The second-order valence-corrected chi connectivity index (χ2v) is 8.55. The van der Waals surface area contributed by atoms with Crippen LogP contribution in [-0.4, -0.2) is 41.1 Å². The van der Waals surface area contributed by atoms with Gasteiger partial charge in [-0.2, -0.15) is 5.26 Å². The molecule has 2 atom stereocenters. The number of fused-ring (bicyclic) bond motifs is 1. The zero-order chi connectivity index (χ0) is 24.9. The molecule has 1 aliphatic rings. The molecular weight excluding hydrogens is 442 g/mol. The minimum atomic E-state index is -0.235. The Morgan fingerprint density at radius 1 is 1.14 bits per heavy atom. The molecule has 0 radical (unpaired) electrons. The summed E-state index contributed by atoms with van der Waals surface area (Å²) in [6, 6.07) is 18.8. The normalized spacial score (nSPS) is 16.7. The highest BCUT2D eigenvalue weighted by atomic mass is 16.3. The van der Waals surface area contributed by atoms with Crippen molar-refractivity contribution in [2.75, 3.05) is 23.4 Å². The van der Waals surface area contributed by atoms with E-state index < -0.39 is 0 Å². The molecule has 3 aromatic rings. The number of aromatic nitrogens is 1. The summed E-state index contributed by atoms with van der Waals surface area (Å²) in [5.74, 6) is 0.410. The second-order valence-electron chi connectivity index (χ2n) is 8.55. The Labute approximate surface area is 204 Å². The van der Waals surface area contributed by atoms with Crippen LogP contribution in [0.15, 0.2) is 60.8 Å². The van der Waals surface area contributed by atoms with Crippen molar-refractivity contribution in [2.24, 2.45) is 0 Å². The van der Waals surface area contributed by atoms with Crippen LogP contribution in [0.3, 0.4) is 0 Å². The number of aliphatic hydroxyl groups is 1. The molecule has 0 spiro atoms. The molecule has 0 saturated heterocycles. The van der Waals surface area contributed by atoms with E-state index in [1.54, 1.807) is 31.2 Å². The van der Waals surface area contributed by atoms with Gasteiger partial charge in [0.15, 0.2) is 0 Å². The van der Waals surface area contributed by atoms with E-state index in [2.05, 4.69) is 27.8 Å². The lowest BCUT2D eigenvalue weighted by Gasteiger charge is -2.39. The molecule has 0 saturated carbocycles. The Kier molecular flexibility index (Phi) is 7.09. The average Bonchev–Trinajstić information content (AvgIpc) is 2.87. The zero-order valence-corrected chi connectivity index (χ0v) is 19.7. The Bertz CT molecular complexity index is 1270. The Morgan fingerprint density at radius 3 is 2.51 bits per heavy atom. The third-order valence-electron chi connectivity index (χ3n) is 6.11. The number of nitriles is 1. The second kappa shape index (κ2) is 10.4. The van der Waals surface area contributed by atoms with Crippen molar-refractivity contribution in [3.63, 3.8) is 0 Å². The van der Waals surface area contributed by atoms with Gasteiger partial charge in [-0.05, 0) is 66.4 Å². The number of hydrogen-bond acceptors (Lipinski definition) is 6. The summed E-state index contributed by atoms with van der Waals surface area (Å²) in [4.78, 5) is 30.8. The molecule has 0 bridgehead atoms. The number of nitrogens with one attached hydrogen (secondary N) is 2. The van der Waals surface area contributed by atoms with E-state index in [1.807, 2.05) is 36.1 Å². The fraction of sp³-hybridized carbons (Fsp3) is 0.259. The van der Waals surface area contributed by atoms with Crippen molar-refractivity contribution in [3.05, 3.63) is 77.5 Å². The van der Waals surface area contributed by atoms with Crippen LogP contribution in [0.2, 0.25) is 0 Å². The summed E-state index contributed by atoms with van der Waals surface area (Å²) >= 11 is 0. The molecule has 0 aliphatic carbocycles. The Balaban J connectivity index is 1.67. The highest BCUT2D eigenvalue weighted by Gasteiger charge is 2.32. The summed E-state index contributed by atoms with van der Waals surface area (Å²) in [6.07, 6.45) is 2.23. The lowest BCUT2D eigenvalue weighted by Crippen LogP contribution is -2.43. The van der Waals surface area contributed by atoms with Gasteiger partial charge in [0.05, 0.1) is 18.2 Å². The molecule has 1 aliphatic heterocycles. The van der Waals surface area contributed by atoms with Gasteiger partial charge in [0.2, 0.25) is 5.91 Å². The zero-order valence-electron chi connectivity index (χ0n) is 19.7. The Hall–Kier alpha value is -4.22. The van der Waals surface area contributed by atoms with E-state index in [9.17, 15) is 9.59 Å². The number of amides is 2. The summed E-state index contributed by atoms with van der Waals surface area (Å²) in [6.45, 7) is 3.70. The minimum Gasteiger partial charge on any atom is -0.395 e. The van der Waals surface area contributed by atoms with Gasteiger partial charge < -0.3 is 20.6 Å². The fourth-order valence-corrected chi connectivity index (χ4v) is 4.47. The van der Waals surface area contributed by atoms with Crippen LogP contribution in [0, 0.1) is 11.3 Å². The van der Waals surface area contributed by atoms with Gasteiger partial charge in [0, 0.05) is 37.0 Å². The monoisotopic (exact) mass is 469 g/mol. The van der Waals surface area contributed by atoms with Gasteiger partial charge in [-0.3, -0.25) is 9.59 Å². The van der Waals surface area contributed by atoms with Gasteiger partial charge in [-0.1, -0.05) is 18.2 Å². The maximum Gasteiger partial charge on any atom is 0.251 e. The minimum absolute atomic E-state index is 0.00144. The maximum absolute atomic E-state index is 12.4. The van der Waals surface area contributed by atoms with Crippen LogP contribution in [0.5, 0.6) is 0 Å². The van der Waals surface area contributed by atoms with Crippen LogP contribution in [0.1, 0.15) is 47.8 Å². The van der Waals surface area contributed by atoms with Crippen LogP contribution in [0.4, 0.5) is 11.5 Å². The van der Waals surface area contributed by atoms with Crippen molar-refractivity contribution in [1.82, 2.24) is 10.3 Å². The van der Waals surface area contributed by atoms with Crippen LogP contribution in [-0.2, 0) is 4.79 Å². The fourth-order valence-electron chi connectivity index (χ4n) is 4.47. The van der Waals surface area contributed by atoms with Gasteiger partial charge in [-0.15, -0.1) is 0 Å². The molecule has 8 nitrogen and oxygen atoms in total. The first-order chi connectivity index (χ1) is 16.9. The molecular formula is C27H27N5O3. The molecule has 2 amide bonds. The SMILES string of the molecule is CC(=O)N1c2ccc(-c3ccc(C(=O)NCCO)cc3)cc2[C@H](Nc2ccc(C#N)cn2)C[C@@H]1C. The van der Waals surface area contributed by atoms with Crippen molar-refractivity contribution in [3.8, 4) is 17.2 Å². The summed E-state index contributed by atoms with van der Waals surface area (Å²) in [5.41, 5.74) is 4.74. The molecule has 2 aromatic carbocycles. The van der Waals surface area contributed by atoms with Crippen LogP contribution >= 0.6 is 0 Å². The molecule has 0 unspecified atom stereocenters. The number of carbonyl (C=O) groups is 2. The number of aliphatic hydroxyl groups excluding tert-OH is 1. The van der Waals surface area contributed by atoms with Crippen LogP contribution < -0.4 is 15.5 Å². The largest absolute Gasteiger partial charge is 0.395 e. The van der Waals surface area contributed by atoms with Crippen molar-refractivity contribution < 1.29 is 14.7 Å². The molecule has 35 heavy (non-hydrogen) atoms. The van der Waals surface area contributed by atoms with E-state index in [1.165, 1.54) is 6.20 Å². The highest BCUT2D eigenvalue weighted by molar-refractivity contribution is 5.95. The number of nitrogens with zero attached hydrogens (tertiary/aromatic N) is 3. The van der Waals surface area contributed by atoms with Crippen molar-refractivity contribution in [2.45, 2.75) is 32.4 Å². The maximum atomic E-state index is 12.4. The van der Waals surface area contributed by atoms with E-state index in [4.69, 9.17) is 10.4 Å². The third-order valence-corrected chi connectivity index (χ3v) is 6.11. The molecule has 3 N–H and O–H groups in total. The predicted molar refractivity (Wildman–Crippen MR) is 134 cm³/mol. The topological polar surface area (TPSA) is 118 Å². The van der Waals surface area contributed by atoms with E-state index in [-0.39, 0.29) is 37.0 Å². The highest BCUT2D eigenvalue weighted by Crippen LogP contribution is 2.41. The van der Waals surface area contributed by atoms with Gasteiger partial charge in [0.1, 0.15) is 11.9 Å². The first-order valence-electron chi connectivity index (χ1n) is 11.5. The Morgan fingerprint density at radius 2 is 1.89 bits per heavy atom. The van der Waals surface area contributed by atoms with E-state index >= 15 is 0 Å². The molecule has 1 aromatic heterocycles. The predicted octanol–water partition coefficient (Wildman–Crippen LogP) is 3.64. The number of carbonyl (C=O) groups excluding carboxylic acids is 2. The first kappa shape index (κ1) is 23.9. The van der Waals surface area contributed by atoms with Gasteiger partial charge >= 0.3 is 0 Å². The first-order valence-corrected chi connectivity index (χ1v) is 11.5. The molecule has 0 fully saturated rings. The number of pyridine rings is 1. The van der Waals surface area contributed by atoms with Crippen LogP contribution in [0.25, 0.3) is 11.1 Å². The smallest absolute Gasteiger partial charge is 0.251 e. The molecule has 2 heterocycles. The number of rotatable bonds is 6. The van der Waals surface area contributed by atoms with Crippen molar-refractivity contribution >= 4 is 23.3 Å². The van der Waals surface area contributed by atoms with E-state index in [0.717, 1.165) is 22.4 Å². The quantitative estimate of drug-likeness (QED) is 0.507. The summed E-state index contributed by atoms with van der Waals surface area (Å²) in [5, 5.41) is 24.1. The number of anilines is 2. The van der Waals surface area contributed by atoms with E-state index in [0.29, 0.717) is 23.4 Å². The van der Waals surface area contributed by atoms with Gasteiger partial charge in [0.25, 0.3) is 5.91 Å². The summed E-state index contributed by atoms with van der Waals surface area (Å²) in [7, 11) is 0. The lowest BCUT2D eigenvalue weighted by atomic mass is 9.89. The molecule has 4 rings (SSSR count). The third kappa shape index (κ3) is 5.15. The summed E-state index contributed by atoms with van der Waals surface area (Å²) < 4.78 is 0. The number of benzene rings is 2.